The lowest BCUT2D eigenvalue weighted by Gasteiger charge is -2.49. The molecule has 34 heavy (non-hydrogen) atoms. The van der Waals surface area contributed by atoms with Crippen LogP contribution in [-0.4, -0.2) is 38.6 Å². The summed E-state index contributed by atoms with van der Waals surface area (Å²) in [6, 6.07) is 7.87. The number of amides is 1. The molecule has 1 saturated heterocycles. The molecule has 1 saturated carbocycles. The summed E-state index contributed by atoms with van der Waals surface area (Å²) in [7, 11) is 0. The van der Waals surface area contributed by atoms with Gasteiger partial charge in [-0.3, -0.25) is 4.79 Å². The third-order valence-electron chi connectivity index (χ3n) is 7.78. The predicted molar refractivity (Wildman–Crippen MR) is 126 cm³/mol. The van der Waals surface area contributed by atoms with Crippen LogP contribution in [0.2, 0.25) is 0 Å². The van der Waals surface area contributed by atoms with Crippen molar-refractivity contribution in [1.29, 1.82) is 0 Å². The van der Waals surface area contributed by atoms with Gasteiger partial charge in [0.1, 0.15) is 0 Å². The molecule has 0 spiro atoms. The van der Waals surface area contributed by atoms with E-state index in [0.717, 1.165) is 55.0 Å². The molecule has 5 rings (SSSR count). The van der Waals surface area contributed by atoms with E-state index in [9.17, 15) is 18.0 Å². The maximum absolute atomic E-state index is 13.9. The SMILES string of the molecule is C[C@@H]1CC[C@H]2[C@H](CC[C@H](C)N2C(=O)CSc2nc3c(c(C(F)(F)F)n2)CCc2ccccc2-3)C1. The number of likely N-dealkylation sites (tertiary alicyclic amines) is 1. The molecule has 1 aromatic heterocycles. The van der Waals surface area contributed by atoms with Gasteiger partial charge in [0.2, 0.25) is 5.91 Å². The Morgan fingerprint density at radius 2 is 1.88 bits per heavy atom. The first-order valence-corrected chi connectivity index (χ1v) is 13.2. The molecule has 182 valence electrons. The van der Waals surface area contributed by atoms with E-state index in [1.165, 1.54) is 0 Å². The molecule has 2 aliphatic carbocycles. The maximum atomic E-state index is 13.9. The Kier molecular flexibility index (Phi) is 6.38. The first-order chi connectivity index (χ1) is 16.2. The highest BCUT2D eigenvalue weighted by Gasteiger charge is 2.41. The number of piperidine rings is 1. The Labute approximate surface area is 202 Å². The van der Waals surface area contributed by atoms with Gasteiger partial charge >= 0.3 is 6.18 Å². The van der Waals surface area contributed by atoms with E-state index in [2.05, 4.69) is 23.8 Å². The summed E-state index contributed by atoms with van der Waals surface area (Å²) in [5.41, 5.74) is 1.37. The Balaban J connectivity index is 1.40. The minimum Gasteiger partial charge on any atom is -0.336 e. The van der Waals surface area contributed by atoms with E-state index in [4.69, 9.17) is 0 Å². The number of alkyl halides is 3. The lowest BCUT2D eigenvalue weighted by molar-refractivity contribution is -0.142. The third kappa shape index (κ3) is 4.45. The van der Waals surface area contributed by atoms with E-state index >= 15 is 0 Å². The molecule has 1 amide bonds. The highest BCUT2D eigenvalue weighted by atomic mass is 32.2. The minimum atomic E-state index is -4.56. The van der Waals surface area contributed by atoms with Crippen molar-refractivity contribution in [3.05, 3.63) is 41.1 Å². The summed E-state index contributed by atoms with van der Waals surface area (Å²) in [5, 5.41) is 0.0228. The van der Waals surface area contributed by atoms with E-state index < -0.39 is 11.9 Å². The fourth-order valence-corrected chi connectivity index (χ4v) is 6.88. The van der Waals surface area contributed by atoms with E-state index in [1.807, 2.05) is 29.2 Å². The van der Waals surface area contributed by atoms with Crippen LogP contribution in [-0.2, 0) is 23.8 Å². The van der Waals surface area contributed by atoms with E-state index in [-0.39, 0.29) is 40.9 Å². The summed E-state index contributed by atoms with van der Waals surface area (Å²) in [4.78, 5) is 23.8. The van der Waals surface area contributed by atoms with Gasteiger partial charge in [0.15, 0.2) is 10.9 Å². The standard InChI is InChI=1S/C26H30F3N3OS/c1-15-7-12-21-18(13-15)9-8-16(2)32(21)22(33)14-34-25-30-23-19-6-4-3-5-17(19)10-11-20(23)24(31-25)26(27,28)29/h3-6,15-16,18,21H,7-14H2,1-2H3/t15-,16+,18-,21+/m1/s1. The zero-order chi connectivity index (χ0) is 24.0. The quantitative estimate of drug-likeness (QED) is 0.382. The van der Waals surface area contributed by atoms with Crippen LogP contribution in [0.5, 0.6) is 0 Å². The van der Waals surface area contributed by atoms with Crippen LogP contribution < -0.4 is 0 Å². The predicted octanol–water partition coefficient (Wildman–Crippen LogP) is 6.17. The van der Waals surface area contributed by atoms with Gasteiger partial charge in [0, 0.05) is 23.2 Å². The number of halogens is 3. The van der Waals surface area contributed by atoms with Crippen LogP contribution in [0.15, 0.2) is 29.4 Å². The van der Waals surface area contributed by atoms with Crippen LogP contribution in [0.25, 0.3) is 11.3 Å². The summed E-state index contributed by atoms with van der Waals surface area (Å²) >= 11 is 1.03. The number of aryl methyl sites for hydroxylation is 1. The largest absolute Gasteiger partial charge is 0.433 e. The fraction of sp³-hybridized carbons (Fsp3) is 0.577. The smallest absolute Gasteiger partial charge is 0.336 e. The minimum absolute atomic E-state index is 0.0166. The van der Waals surface area contributed by atoms with E-state index in [1.54, 1.807) is 0 Å². The molecule has 8 heteroatoms. The molecule has 0 bridgehead atoms. The molecule has 2 heterocycles. The summed E-state index contributed by atoms with van der Waals surface area (Å²) in [6.07, 6.45) is 1.64. The van der Waals surface area contributed by atoms with Crippen molar-refractivity contribution in [3.8, 4) is 11.3 Å². The lowest BCUT2D eigenvalue weighted by atomic mass is 9.73. The topological polar surface area (TPSA) is 46.1 Å². The van der Waals surface area contributed by atoms with Crippen molar-refractivity contribution in [2.75, 3.05) is 5.75 Å². The molecule has 1 aromatic carbocycles. The van der Waals surface area contributed by atoms with Gasteiger partial charge in [-0.2, -0.15) is 13.2 Å². The zero-order valence-electron chi connectivity index (χ0n) is 19.6. The molecule has 3 aliphatic rings. The van der Waals surface area contributed by atoms with Crippen LogP contribution >= 0.6 is 11.8 Å². The second kappa shape index (κ2) is 9.17. The van der Waals surface area contributed by atoms with Crippen LogP contribution in [0.3, 0.4) is 0 Å². The number of fused-ring (bicyclic) bond motifs is 4. The molecular weight excluding hydrogens is 459 g/mol. The van der Waals surface area contributed by atoms with Gasteiger partial charge in [-0.15, -0.1) is 0 Å². The Morgan fingerprint density at radius 3 is 2.68 bits per heavy atom. The molecule has 0 N–H and O–H groups in total. The molecule has 2 fully saturated rings. The number of carbonyl (C=O) groups is 1. The van der Waals surface area contributed by atoms with Gasteiger partial charge in [-0.1, -0.05) is 43.0 Å². The summed E-state index contributed by atoms with van der Waals surface area (Å²) in [6.45, 7) is 4.37. The van der Waals surface area contributed by atoms with Crippen molar-refractivity contribution >= 4 is 17.7 Å². The van der Waals surface area contributed by atoms with Gasteiger partial charge in [0.05, 0.1) is 11.4 Å². The van der Waals surface area contributed by atoms with Gasteiger partial charge < -0.3 is 4.90 Å². The van der Waals surface area contributed by atoms with Crippen LogP contribution in [0, 0.1) is 11.8 Å². The fourth-order valence-electron chi connectivity index (χ4n) is 6.16. The monoisotopic (exact) mass is 489 g/mol. The second-order valence-corrected chi connectivity index (χ2v) is 11.0. The van der Waals surface area contributed by atoms with Gasteiger partial charge in [0.25, 0.3) is 0 Å². The lowest BCUT2D eigenvalue weighted by Crippen LogP contribution is -2.55. The van der Waals surface area contributed by atoms with Crippen LogP contribution in [0.4, 0.5) is 13.2 Å². The molecule has 4 nitrogen and oxygen atoms in total. The molecule has 1 aliphatic heterocycles. The molecule has 0 unspecified atom stereocenters. The van der Waals surface area contributed by atoms with Crippen molar-refractivity contribution in [1.82, 2.24) is 14.9 Å². The van der Waals surface area contributed by atoms with E-state index in [0.29, 0.717) is 24.0 Å². The summed E-state index contributed by atoms with van der Waals surface area (Å²) < 4.78 is 41.7. The number of nitrogens with zero attached hydrogens (tertiary/aromatic N) is 3. The van der Waals surface area contributed by atoms with Gasteiger partial charge in [-0.25, -0.2) is 9.97 Å². The zero-order valence-corrected chi connectivity index (χ0v) is 20.4. The van der Waals surface area contributed by atoms with Gasteiger partial charge in [-0.05, 0) is 69.3 Å². The third-order valence-corrected chi connectivity index (χ3v) is 8.61. The molecule has 2 aromatic rings. The number of carbonyl (C=O) groups excluding carboxylic acids is 1. The highest BCUT2D eigenvalue weighted by molar-refractivity contribution is 7.99. The Morgan fingerprint density at radius 1 is 1.09 bits per heavy atom. The number of hydrogen-bond donors (Lipinski definition) is 0. The molecule has 4 atom stereocenters. The van der Waals surface area contributed by atoms with Crippen LogP contribution in [0.1, 0.15) is 62.8 Å². The average Bonchev–Trinajstić information content (AvgIpc) is 2.81. The summed E-state index contributed by atoms with van der Waals surface area (Å²) in [5.74, 6) is 1.26. The number of hydrogen-bond acceptors (Lipinski definition) is 4. The molecular formula is C26H30F3N3OS. The molecule has 0 radical (unpaired) electrons. The Bertz CT molecular complexity index is 1090. The van der Waals surface area contributed by atoms with Crippen molar-refractivity contribution in [2.45, 2.75) is 82.2 Å². The van der Waals surface area contributed by atoms with Crippen molar-refractivity contribution < 1.29 is 18.0 Å². The second-order valence-electron chi connectivity index (χ2n) is 10.1. The number of benzene rings is 1. The first-order valence-electron chi connectivity index (χ1n) is 12.2. The average molecular weight is 490 g/mol. The normalized spacial score (nSPS) is 26.4. The Hall–Kier alpha value is -2.09. The maximum Gasteiger partial charge on any atom is 0.433 e. The number of thioether (sulfide) groups is 1. The van der Waals surface area contributed by atoms with Crippen molar-refractivity contribution in [3.63, 3.8) is 0 Å². The highest BCUT2D eigenvalue weighted by Crippen LogP contribution is 2.42. The number of aromatic nitrogens is 2. The number of rotatable bonds is 3. The first kappa shape index (κ1) is 23.6. The van der Waals surface area contributed by atoms with Crippen molar-refractivity contribution in [2.24, 2.45) is 11.8 Å².